The first kappa shape index (κ1) is 14.3. The number of nitrogen functional groups attached to an aromatic ring is 1. The summed E-state index contributed by atoms with van der Waals surface area (Å²) < 4.78 is 0. The average molecular weight is 289 g/mol. The van der Waals surface area contributed by atoms with E-state index < -0.39 is 0 Å². The molecule has 1 unspecified atom stereocenters. The predicted octanol–water partition coefficient (Wildman–Crippen LogP) is 3.22. The van der Waals surface area contributed by atoms with E-state index in [-0.39, 0.29) is 11.9 Å². The molecule has 1 atom stereocenters. The van der Waals surface area contributed by atoms with Gasteiger partial charge in [0.05, 0.1) is 17.9 Å². The lowest BCUT2D eigenvalue weighted by Crippen LogP contribution is -2.22. The van der Waals surface area contributed by atoms with E-state index in [1.807, 2.05) is 37.4 Å². The highest BCUT2D eigenvalue weighted by Crippen LogP contribution is 2.25. The fraction of sp³-hybridized carbons (Fsp3) is 0.200. The molecule has 3 N–H and O–H groups in total. The van der Waals surface area contributed by atoms with E-state index in [4.69, 9.17) is 22.7 Å². The number of halogens is 1. The molecule has 0 saturated carbocycles. The van der Waals surface area contributed by atoms with Gasteiger partial charge in [0.25, 0.3) is 0 Å². The summed E-state index contributed by atoms with van der Waals surface area (Å²) in [5.41, 5.74) is 8.03. The summed E-state index contributed by atoms with van der Waals surface area (Å²) in [5.74, 6) is -0.0232. The average Bonchev–Trinajstić information content (AvgIpc) is 2.46. The van der Waals surface area contributed by atoms with Gasteiger partial charge in [-0.05, 0) is 36.8 Å². The van der Waals surface area contributed by atoms with E-state index >= 15 is 0 Å². The van der Waals surface area contributed by atoms with Crippen LogP contribution in [0.1, 0.15) is 24.2 Å². The van der Waals surface area contributed by atoms with E-state index in [9.17, 15) is 0 Å². The molecule has 5 heteroatoms. The van der Waals surface area contributed by atoms with Gasteiger partial charge >= 0.3 is 0 Å². The molecular formula is C15H17ClN4. The quantitative estimate of drug-likeness (QED) is 0.670. The minimum atomic E-state index is -0.0232. The van der Waals surface area contributed by atoms with Crippen LogP contribution in [0.3, 0.4) is 0 Å². The number of pyridine rings is 1. The fourth-order valence-electron chi connectivity index (χ4n) is 1.94. The van der Waals surface area contributed by atoms with Gasteiger partial charge in [0, 0.05) is 12.1 Å². The normalized spacial score (nSPS) is 11.9. The summed E-state index contributed by atoms with van der Waals surface area (Å²) in [6, 6.07) is 11.7. The second-order valence-corrected chi connectivity index (χ2v) is 5.09. The number of nitrogens with one attached hydrogen (secondary N) is 1. The molecule has 0 aliphatic heterocycles. The van der Waals surface area contributed by atoms with Gasteiger partial charge < -0.3 is 10.6 Å². The van der Waals surface area contributed by atoms with Gasteiger partial charge in [0.15, 0.2) is 0 Å². The van der Waals surface area contributed by atoms with Crippen molar-refractivity contribution in [1.29, 1.82) is 5.41 Å². The third-order valence-corrected chi connectivity index (χ3v) is 3.62. The number of nitrogens with zero attached hydrogens (tertiary/aromatic N) is 2. The largest absolute Gasteiger partial charge is 0.382 e. The van der Waals surface area contributed by atoms with Gasteiger partial charge in [-0.15, -0.1) is 0 Å². The molecule has 0 amide bonds. The highest BCUT2D eigenvalue weighted by molar-refractivity contribution is 6.30. The summed E-state index contributed by atoms with van der Waals surface area (Å²) in [6.45, 7) is 2.11. The number of rotatable bonds is 4. The molecule has 0 saturated heterocycles. The molecule has 1 aromatic carbocycles. The van der Waals surface area contributed by atoms with Crippen molar-refractivity contribution in [2.45, 2.75) is 13.0 Å². The number of anilines is 1. The molecule has 1 heterocycles. The predicted molar refractivity (Wildman–Crippen MR) is 83.5 cm³/mol. The Labute approximate surface area is 123 Å². The monoisotopic (exact) mass is 288 g/mol. The van der Waals surface area contributed by atoms with Crippen molar-refractivity contribution in [3.63, 3.8) is 0 Å². The first-order valence-electron chi connectivity index (χ1n) is 6.28. The number of hydrogen-bond donors (Lipinski definition) is 2. The molecule has 2 rings (SSSR count). The molecule has 104 valence electrons. The van der Waals surface area contributed by atoms with E-state index in [2.05, 4.69) is 16.8 Å². The maximum absolute atomic E-state index is 7.34. The SMILES string of the molecule is CC(c1ccc(Cl)cc1)N(C)c1ccc(C(=N)N)nc1. The van der Waals surface area contributed by atoms with Crippen LogP contribution in [0.25, 0.3) is 0 Å². The van der Waals surface area contributed by atoms with Crippen LogP contribution in [-0.4, -0.2) is 17.9 Å². The van der Waals surface area contributed by atoms with Crippen LogP contribution in [-0.2, 0) is 0 Å². The van der Waals surface area contributed by atoms with Gasteiger partial charge in [-0.2, -0.15) is 0 Å². The highest BCUT2D eigenvalue weighted by atomic mass is 35.5. The molecule has 0 aliphatic rings. The summed E-state index contributed by atoms with van der Waals surface area (Å²) >= 11 is 5.90. The summed E-state index contributed by atoms with van der Waals surface area (Å²) in [5, 5.41) is 8.07. The lowest BCUT2D eigenvalue weighted by atomic mass is 10.1. The summed E-state index contributed by atoms with van der Waals surface area (Å²) in [6.07, 6.45) is 1.73. The molecule has 1 aromatic heterocycles. The molecule has 0 fully saturated rings. The van der Waals surface area contributed by atoms with Crippen molar-refractivity contribution in [3.05, 3.63) is 58.9 Å². The zero-order valence-electron chi connectivity index (χ0n) is 11.5. The minimum absolute atomic E-state index is 0.0232. The van der Waals surface area contributed by atoms with Gasteiger partial charge in [-0.25, -0.2) is 0 Å². The Bertz CT molecular complexity index is 592. The number of nitrogens with two attached hydrogens (primary N) is 1. The van der Waals surface area contributed by atoms with Crippen molar-refractivity contribution in [2.24, 2.45) is 5.73 Å². The van der Waals surface area contributed by atoms with Crippen LogP contribution in [0.15, 0.2) is 42.6 Å². The topological polar surface area (TPSA) is 66.0 Å². The van der Waals surface area contributed by atoms with Crippen molar-refractivity contribution in [1.82, 2.24) is 4.98 Å². The Hall–Kier alpha value is -2.07. The van der Waals surface area contributed by atoms with Crippen LogP contribution in [0, 0.1) is 5.41 Å². The molecule has 0 aliphatic carbocycles. The summed E-state index contributed by atoms with van der Waals surface area (Å²) in [7, 11) is 2.00. The second kappa shape index (κ2) is 5.92. The number of amidine groups is 1. The zero-order valence-corrected chi connectivity index (χ0v) is 12.2. The number of hydrogen-bond acceptors (Lipinski definition) is 3. The second-order valence-electron chi connectivity index (χ2n) is 4.65. The van der Waals surface area contributed by atoms with Gasteiger partial charge in [0.1, 0.15) is 11.5 Å². The standard InChI is InChI=1S/C15H17ClN4/c1-10(11-3-5-12(16)6-4-11)20(2)13-7-8-14(15(17)18)19-9-13/h3-10H,1-2H3,(H3,17,18). The Kier molecular flexibility index (Phi) is 4.25. The van der Waals surface area contributed by atoms with E-state index in [0.717, 1.165) is 10.7 Å². The minimum Gasteiger partial charge on any atom is -0.382 e. The van der Waals surface area contributed by atoms with Crippen LogP contribution in [0.5, 0.6) is 0 Å². The van der Waals surface area contributed by atoms with Crippen LogP contribution >= 0.6 is 11.6 Å². The van der Waals surface area contributed by atoms with E-state index in [0.29, 0.717) is 5.69 Å². The fourth-order valence-corrected chi connectivity index (χ4v) is 2.07. The molecular weight excluding hydrogens is 272 g/mol. The lowest BCUT2D eigenvalue weighted by molar-refractivity contribution is 0.738. The summed E-state index contributed by atoms with van der Waals surface area (Å²) in [4.78, 5) is 6.29. The Morgan fingerprint density at radius 1 is 1.25 bits per heavy atom. The van der Waals surface area contributed by atoms with Gasteiger partial charge in [0.2, 0.25) is 0 Å². The number of benzene rings is 1. The molecule has 0 spiro atoms. The lowest BCUT2D eigenvalue weighted by Gasteiger charge is -2.27. The zero-order chi connectivity index (χ0) is 14.7. The molecule has 20 heavy (non-hydrogen) atoms. The van der Waals surface area contributed by atoms with E-state index in [1.165, 1.54) is 5.56 Å². The third kappa shape index (κ3) is 3.08. The van der Waals surface area contributed by atoms with Gasteiger partial charge in [-0.1, -0.05) is 23.7 Å². The Morgan fingerprint density at radius 3 is 2.40 bits per heavy atom. The number of aromatic nitrogens is 1. The van der Waals surface area contributed by atoms with Gasteiger partial charge in [-0.3, -0.25) is 10.4 Å². The smallest absolute Gasteiger partial charge is 0.141 e. The third-order valence-electron chi connectivity index (χ3n) is 3.36. The Morgan fingerprint density at radius 2 is 1.90 bits per heavy atom. The van der Waals surface area contributed by atoms with Crippen LogP contribution in [0.4, 0.5) is 5.69 Å². The first-order valence-corrected chi connectivity index (χ1v) is 6.65. The maximum atomic E-state index is 7.34. The van der Waals surface area contributed by atoms with Crippen molar-refractivity contribution < 1.29 is 0 Å². The molecule has 4 nitrogen and oxygen atoms in total. The molecule has 2 aromatic rings. The Balaban J connectivity index is 2.19. The maximum Gasteiger partial charge on any atom is 0.141 e. The van der Waals surface area contributed by atoms with E-state index in [1.54, 1.807) is 12.3 Å². The molecule has 0 bridgehead atoms. The van der Waals surface area contributed by atoms with Crippen LogP contribution < -0.4 is 10.6 Å². The highest BCUT2D eigenvalue weighted by Gasteiger charge is 2.12. The van der Waals surface area contributed by atoms with Crippen LogP contribution in [0.2, 0.25) is 5.02 Å². The van der Waals surface area contributed by atoms with Crippen molar-refractivity contribution in [3.8, 4) is 0 Å². The van der Waals surface area contributed by atoms with Crippen molar-refractivity contribution in [2.75, 3.05) is 11.9 Å². The first-order chi connectivity index (χ1) is 9.49. The van der Waals surface area contributed by atoms with Crippen molar-refractivity contribution >= 4 is 23.1 Å². The molecule has 0 radical (unpaired) electrons.